The van der Waals surface area contributed by atoms with Crippen LogP contribution in [0.25, 0.3) is 0 Å². The van der Waals surface area contributed by atoms with Crippen LogP contribution in [0.1, 0.15) is 32.6 Å². The first kappa shape index (κ1) is 10.5. The van der Waals surface area contributed by atoms with Crippen LogP contribution in [0.5, 0.6) is 0 Å². The molecule has 4 heteroatoms. The van der Waals surface area contributed by atoms with Gasteiger partial charge >= 0.3 is 0 Å². The van der Waals surface area contributed by atoms with E-state index in [1.54, 1.807) is 5.06 Å². The van der Waals surface area contributed by atoms with Crippen LogP contribution in [0.2, 0.25) is 0 Å². The standard InChI is InChI=1S/C12H19NO3/c1-2-15-9-6-12(7-9)8-10(12)11(14)13-4-3-5-16-13/h9-10H,2-8H2,1H3. The third-order valence-corrected chi connectivity index (χ3v) is 4.16. The first-order chi connectivity index (χ1) is 7.75. The number of rotatable bonds is 3. The Labute approximate surface area is 95.8 Å². The first-order valence-corrected chi connectivity index (χ1v) is 6.31. The van der Waals surface area contributed by atoms with Crippen LogP contribution in [0.4, 0.5) is 0 Å². The molecule has 0 radical (unpaired) electrons. The highest BCUT2D eigenvalue weighted by Gasteiger charge is 2.65. The highest BCUT2D eigenvalue weighted by Crippen LogP contribution is 2.66. The maximum atomic E-state index is 12.0. The predicted molar refractivity (Wildman–Crippen MR) is 57.5 cm³/mol. The van der Waals surface area contributed by atoms with Crippen LogP contribution in [-0.2, 0) is 14.4 Å². The van der Waals surface area contributed by atoms with Gasteiger partial charge in [-0.3, -0.25) is 9.63 Å². The summed E-state index contributed by atoms with van der Waals surface area (Å²) in [6.07, 6.45) is 4.58. The SMILES string of the molecule is CCOC1CC2(C1)CC2C(=O)N1CCCO1. The van der Waals surface area contributed by atoms with Crippen LogP contribution in [0.15, 0.2) is 0 Å². The minimum Gasteiger partial charge on any atom is -0.378 e. The molecule has 1 atom stereocenters. The van der Waals surface area contributed by atoms with E-state index in [0.717, 1.165) is 38.8 Å². The Balaban J connectivity index is 1.51. The Kier molecular flexibility index (Phi) is 2.44. The number of carbonyl (C=O) groups is 1. The molecule has 2 saturated carbocycles. The normalized spacial score (nSPS) is 41.2. The van der Waals surface area contributed by atoms with Crippen molar-refractivity contribution in [2.75, 3.05) is 19.8 Å². The van der Waals surface area contributed by atoms with Crippen LogP contribution >= 0.6 is 0 Å². The lowest BCUT2D eigenvalue weighted by Gasteiger charge is -2.36. The first-order valence-electron chi connectivity index (χ1n) is 6.31. The molecule has 1 saturated heterocycles. The van der Waals surface area contributed by atoms with Crippen LogP contribution in [-0.4, -0.2) is 36.8 Å². The van der Waals surface area contributed by atoms with Gasteiger partial charge < -0.3 is 4.74 Å². The Morgan fingerprint density at radius 3 is 2.94 bits per heavy atom. The summed E-state index contributed by atoms with van der Waals surface area (Å²) in [5.74, 6) is 0.440. The van der Waals surface area contributed by atoms with Gasteiger partial charge in [-0.25, -0.2) is 5.06 Å². The molecule has 0 N–H and O–H groups in total. The molecular formula is C12H19NO3. The largest absolute Gasteiger partial charge is 0.378 e. The van der Waals surface area contributed by atoms with Crippen molar-refractivity contribution in [1.29, 1.82) is 0 Å². The van der Waals surface area contributed by atoms with Crippen molar-refractivity contribution in [1.82, 2.24) is 5.06 Å². The van der Waals surface area contributed by atoms with E-state index in [0.29, 0.717) is 18.1 Å². The maximum Gasteiger partial charge on any atom is 0.249 e. The van der Waals surface area contributed by atoms with E-state index in [1.807, 2.05) is 6.92 Å². The fourth-order valence-electron chi connectivity index (χ4n) is 3.14. The van der Waals surface area contributed by atoms with Gasteiger partial charge in [0.1, 0.15) is 0 Å². The third kappa shape index (κ3) is 1.55. The van der Waals surface area contributed by atoms with Gasteiger partial charge in [-0.05, 0) is 38.0 Å². The second-order valence-electron chi connectivity index (χ2n) is 5.23. The number of nitrogens with zero attached hydrogens (tertiary/aromatic N) is 1. The van der Waals surface area contributed by atoms with E-state index in [1.165, 1.54) is 0 Å². The van der Waals surface area contributed by atoms with Gasteiger partial charge in [0.25, 0.3) is 0 Å². The molecule has 0 bridgehead atoms. The molecule has 16 heavy (non-hydrogen) atoms. The van der Waals surface area contributed by atoms with E-state index in [-0.39, 0.29) is 11.8 Å². The lowest BCUT2D eigenvalue weighted by Crippen LogP contribution is -2.38. The lowest BCUT2D eigenvalue weighted by molar-refractivity contribution is -0.172. The van der Waals surface area contributed by atoms with Gasteiger partial charge in [-0.2, -0.15) is 0 Å². The summed E-state index contributed by atoms with van der Waals surface area (Å²) in [5.41, 5.74) is 0.295. The van der Waals surface area contributed by atoms with Gasteiger partial charge in [0, 0.05) is 12.5 Å². The molecule has 1 heterocycles. The Hall–Kier alpha value is -0.610. The van der Waals surface area contributed by atoms with E-state index in [4.69, 9.17) is 9.57 Å². The Bertz CT molecular complexity index is 293. The average molecular weight is 225 g/mol. The number of hydrogen-bond acceptors (Lipinski definition) is 3. The second-order valence-corrected chi connectivity index (χ2v) is 5.23. The van der Waals surface area contributed by atoms with Crippen molar-refractivity contribution >= 4 is 5.91 Å². The van der Waals surface area contributed by atoms with Crippen molar-refractivity contribution < 1.29 is 14.4 Å². The van der Waals surface area contributed by atoms with Crippen LogP contribution in [0.3, 0.4) is 0 Å². The van der Waals surface area contributed by atoms with Gasteiger partial charge in [0.2, 0.25) is 5.91 Å². The molecule has 90 valence electrons. The summed E-state index contributed by atoms with van der Waals surface area (Å²) in [4.78, 5) is 17.3. The molecule has 1 spiro atoms. The van der Waals surface area contributed by atoms with Crippen molar-refractivity contribution in [3.05, 3.63) is 0 Å². The maximum absolute atomic E-state index is 12.0. The highest BCUT2D eigenvalue weighted by molar-refractivity contribution is 5.82. The topological polar surface area (TPSA) is 38.8 Å². The van der Waals surface area contributed by atoms with Crippen LogP contribution < -0.4 is 0 Å². The quantitative estimate of drug-likeness (QED) is 0.728. The smallest absolute Gasteiger partial charge is 0.249 e. The van der Waals surface area contributed by atoms with E-state index < -0.39 is 0 Å². The zero-order chi connectivity index (χ0) is 11.2. The molecule has 1 unspecified atom stereocenters. The van der Waals surface area contributed by atoms with Crippen molar-refractivity contribution in [3.63, 3.8) is 0 Å². The summed E-state index contributed by atoms with van der Waals surface area (Å²) in [5, 5.41) is 1.58. The van der Waals surface area contributed by atoms with Gasteiger partial charge in [-0.1, -0.05) is 0 Å². The summed E-state index contributed by atoms with van der Waals surface area (Å²) in [6.45, 7) is 4.29. The molecule has 3 fully saturated rings. The fraction of sp³-hybridized carbons (Fsp3) is 0.917. The van der Waals surface area contributed by atoms with Gasteiger partial charge in [-0.15, -0.1) is 0 Å². The molecule has 4 nitrogen and oxygen atoms in total. The van der Waals surface area contributed by atoms with E-state index in [9.17, 15) is 4.79 Å². The van der Waals surface area contributed by atoms with Crippen molar-refractivity contribution in [2.45, 2.75) is 38.7 Å². The molecular weight excluding hydrogens is 206 g/mol. The summed E-state index contributed by atoms with van der Waals surface area (Å²) < 4.78 is 5.55. The molecule has 0 aromatic carbocycles. The summed E-state index contributed by atoms with van der Waals surface area (Å²) in [6, 6.07) is 0. The zero-order valence-electron chi connectivity index (χ0n) is 9.78. The lowest BCUT2D eigenvalue weighted by atomic mass is 9.76. The highest BCUT2D eigenvalue weighted by atomic mass is 16.7. The van der Waals surface area contributed by atoms with E-state index in [2.05, 4.69) is 0 Å². The predicted octanol–water partition coefficient (Wildman–Crippen LogP) is 1.36. The molecule has 0 aromatic heterocycles. The zero-order valence-corrected chi connectivity index (χ0v) is 9.78. The number of amides is 1. The monoisotopic (exact) mass is 225 g/mol. The second kappa shape index (κ2) is 3.70. The molecule has 0 aromatic rings. The van der Waals surface area contributed by atoms with Gasteiger partial charge in [0.05, 0.1) is 19.3 Å². The van der Waals surface area contributed by atoms with Crippen molar-refractivity contribution in [3.8, 4) is 0 Å². The number of ether oxygens (including phenoxy) is 1. The van der Waals surface area contributed by atoms with E-state index >= 15 is 0 Å². The molecule has 1 amide bonds. The van der Waals surface area contributed by atoms with Crippen LogP contribution in [0, 0.1) is 11.3 Å². The number of carbonyl (C=O) groups excluding carboxylic acids is 1. The summed E-state index contributed by atoms with van der Waals surface area (Å²) in [7, 11) is 0. The molecule has 2 aliphatic carbocycles. The molecule has 3 aliphatic rings. The Morgan fingerprint density at radius 2 is 2.31 bits per heavy atom. The molecule has 1 aliphatic heterocycles. The minimum atomic E-state index is 0.215. The summed E-state index contributed by atoms with van der Waals surface area (Å²) >= 11 is 0. The third-order valence-electron chi connectivity index (χ3n) is 4.16. The van der Waals surface area contributed by atoms with Gasteiger partial charge in [0.15, 0.2) is 0 Å². The fourth-order valence-corrected chi connectivity index (χ4v) is 3.14. The molecule has 3 rings (SSSR count). The Morgan fingerprint density at radius 1 is 1.50 bits per heavy atom. The van der Waals surface area contributed by atoms with Crippen molar-refractivity contribution in [2.24, 2.45) is 11.3 Å². The average Bonchev–Trinajstić information content (AvgIpc) is 2.74. The number of hydroxylamine groups is 2. The minimum absolute atomic E-state index is 0.215. The number of hydrogen-bond donors (Lipinski definition) is 0.